The van der Waals surface area contributed by atoms with Gasteiger partial charge in [0.2, 0.25) is 23.6 Å². The molecule has 0 bridgehead atoms. The quantitative estimate of drug-likeness (QED) is 0.177. The number of aliphatic carboxylic acids is 2. The molecule has 1 aliphatic heterocycles. The highest BCUT2D eigenvalue weighted by Crippen LogP contribution is 2.20. The van der Waals surface area contributed by atoms with E-state index in [9.17, 15) is 33.9 Å². The molecule has 1 saturated heterocycles. The number of nitrogens with two attached hydrogens (primary N) is 2. The predicted octanol–water partition coefficient (Wildman–Crippen LogP) is -1.85. The summed E-state index contributed by atoms with van der Waals surface area (Å²) in [5.74, 6) is -5.47. The molecule has 13 heteroatoms. The van der Waals surface area contributed by atoms with Gasteiger partial charge in [-0.05, 0) is 31.6 Å². The lowest BCUT2D eigenvalue weighted by atomic mass is 10.0. The van der Waals surface area contributed by atoms with Crippen LogP contribution >= 0.6 is 0 Å². The van der Waals surface area contributed by atoms with Crippen LogP contribution in [-0.2, 0) is 28.8 Å². The Morgan fingerprint density at radius 3 is 2.15 bits per heavy atom. The lowest BCUT2D eigenvalue weighted by Crippen LogP contribution is -2.57. The molecule has 0 aromatic rings. The summed E-state index contributed by atoms with van der Waals surface area (Å²) >= 11 is 0. The largest absolute Gasteiger partial charge is 0.481 e. The van der Waals surface area contributed by atoms with Crippen molar-refractivity contribution in [2.45, 2.75) is 76.5 Å². The molecule has 0 saturated carbocycles. The fourth-order valence-corrected chi connectivity index (χ4v) is 3.58. The number of primary amides is 1. The second kappa shape index (κ2) is 12.7. The first-order valence-corrected chi connectivity index (χ1v) is 10.7. The SMILES string of the molecule is CC(C)CC(NC(=O)C(CCC(=O)O)NC(=O)C(N)CC(N)=O)C(=O)N1CCCC1C(=O)O. The van der Waals surface area contributed by atoms with Crippen molar-refractivity contribution in [3.05, 3.63) is 0 Å². The molecule has 1 rings (SSSR count). The Hall–Kier alpha value is -3.22. The maximum absolute atomic E-state index is 13.1. The van der Waals surface area contributed by atoms with Crippen molar-refractivity contribution < 1.29 is 39.0 Å². The van der Waals surface area contributed by atoms with Crippen LogP contribution in [-0.4, -0.2) is 81.4 Å². The lowest BCUT2D eigenvalue weighted by molar-refractivity contribution is -0.149. The summed E-state index contributed by atoms with van der Waals surface area (Å²) in [4.78, 5) is 72.9. The first kappa shape index (κ1) is 27.8. The highest BCUT2D eigenvalue weighted by Gasteiger charge is 2.38. The molecule has 186 valence electrons. The van der Waals surface area contributed by atoms with Gasteiger partial charge in [0.15, 0.2) is 0 Å². The molecule has 4 unspecified atom stereocenters. The minimum Gasteiger partial charge on any atom is -0.481 e. The third kappa shape index (κ3) is 9.04. The van der Waals surface area contributed by atoms with E-state index in [0.29, 0.717) is 12.8 Å². The summed E-state index contributed by atoms with van der Waals surface area (Å²) in [5.41, 5.74) is 10.6. The Kier molecular flexibility index (Phi) is 10.7. The number of likely N-dealkylation sites (tertiary alicyclic amines) is 1. The Balaban J connectivity index is 3.02. The number of nitrogens with zero attached hydrogens (tertiary/aromatic N) is 1. The van der Waals surface area contributed by atoms with E-state index in [-0.39, 0.29) is 25.3 Å². The van der Waals surface area contributed by atoms with Crippen molar-refractivity contribution >= 4 is 35.6 Å². The average molecular weight is 472 g/mol. The molecule has 1 fully saturated rings. The number of hydrogen-bond donors (Lipinski definition) is 6. The third-order valence-electron chi connectivity index (χ3n) is 5.18. The normalized spacial score (nSPS) is 18.3. The van der Waals surface area contributed by atoms with E-state index in [2.05, 4.69) is 10.6 Å². The molecule has 0 aromatic heterocycles. The number of carboxylic acid groups (broad SMARTS) is 2. The van der Waals surface area contributed by atoms with Gasteiger partial charge in [0, 0.05) is 13.0 Å². The monoisotopic (exact) mass is 471 g/mol. The fraction of sp³-hybridized carbons (Fsp3) is 0.700. The second-order valence-corrected chi connectivity index (χ2v) is 8.49. The highest BCUT2D eigenvalue weighted by atomic mass is 16.4. The van der Waals surface area contributed by atoms with E-state index in [0.717, 1.165) is 0 Å². The van der Waals surface area contributed by atoms with Gasteiger partial charge in [-0.1, -0.05) is 13.8 Å². The zero-order chi connectivity index (χ0) is 25.3. The van der Waals surface area contributed by atoms with Crippen molar-refractivity contribution in [1.82, 2.24) is 15.5 Å². The Bertz CT molecular complexity index is 772. The van der Waals surface area contributed by atoms with Gasteiger partial charge in [-0.2, -0.15) is 0 Å². The maximum Gasteiger partial charge on any atom is 0.326 e. The Morgan fingerprint density at radius 2 is 1.64 bits per heavy atom. The molecule has 0 radical (unpaired) electrons. The van der Waals surface area contributed by atoms with E-state index in [4.69, 9.17) is 16.6 Å². The van der Waals surface area contributed by atoms with Crippen molar-refractivity contribution in [3.63, 3.8) is 0 Å². The van der Waals surface area contributed by atoms with Crippen LogP contribution in [0.1, 0.15) is 52.4 Å². The zero-order valence-electron chi connectivity index (χ0n) is 18.8. The molecular formula is C20H33N5O8. The minimum absolute atomic E-state index is 0.0406. The first-order valence-electron chi connectivity index (χ1n) is 10.7. The van der Waals surface area contributed by atoms with Gasteiger partial charge >= 0.3 is 11.9 Å². The minimum atomic E-state index is -1.34. The molecule has 1 heterocycles. The summed E-state index contributed by atoms with van der Waals surface area (Å²) in [5, 5.41) is 23.2. The topological polar surface area (TPSA) is 222 Å². The van der Waals surface area contributed by atoms with E-state index >= 15 is 0 Å². The molecule has 4 amide bonds. The van der Waals surface area contributed by atoms with Gasteiger partial charge in [0.25, 0.3) is 0 Å². The van der Waals surface area contributed by atoms with Gasteiger partial charge < -0.3 is 37.2 Å². The van der Waals surface area contributed by atoms with Gasteiger partial charge in [-0.15, -0.1) is 0 Å². The van der Waals surface area contributed by atoms with Gasteiger partial charge in [0.05, 0.1) is 12.5 Å². The van der Waals surface area contributed by atoms with E-state index in [1.165, 1.54) is 4.90 Å². The van der Waals surface area contributed by atoms with Gasteiger partial charge in [-0.25, -0.2) is 4.79 Å². The number of carbonyl (C=O) groups excluding carboxylic acids is 4. The Morgan fingerprint density at radius 1 is 1.03 bits per heavy atom. The predicted molar refractivity (Wildman–Crippen MR) is 114 cm³/mol. The molecule has 33 heavy (non-hydrogen) atoms. The summed E-state index contributed by atoms with van der Waals surface area (Å²) in [6.45, 7) is 3.87. The number of amides is 4. The Labute approximate surface area is 191 Å². The molecule has 8 N–H and O–H groups in total. The maximum atomic E-state index is 13.1. The third-order valence-corrected chi connectivity index (χ3v) is 5.18. The van der Waals surface area contributed by atoms with Crippen molar-refractivity contribution in [1.29, 1.82) is 0 Å². The number of nitrogens with one attached hydrogen (secondary N) is 2. The molecule has 4 atom stereocenters. The average Bonchev–Trinajstić information content (AvgIpc) is 3.18. The van der Waals surface area contributed by atoms with E-state index < -0.39 is 72.6 Å². The van der Waals surface area contributed by atoms with Crippen LogP contribution < -0.4 is 22.1 Å². The standard InChI is InChI=1S/C20H33N5O8/c1-10(2)8-13(19(31)25-7-3-4-14(25)20(32)33)24-18(30)12(5-6-16(27)28)23-17(29)11(21)9-15(22)26/h10-14H,3-9,21H2,1-2H3,(H2,22,26)(H,23,29)(H,24,30)(H,27,28)(H,32,33). The van der Waals surface area contributed by atoms with Gasteiger partial charge in [0.1, 0.15) is 18.1 Å². The summed E-state index contributed by atoms with van der Waals surface area (Å²) < 4.78 is 0. The summed E-state index contributed by atoms with van der Waals surface area (Å²) in [6.07, 6.45) is -0.203. The zero-order valence-corrected chi connectivity index (χ0v) is 18.8. The lowest BCUT2D eigenvalue weighted by Gasteiger charge is -2.29. The fourth-order valence-electron chi connectivity index (χ4n) is 3.58. The van der Waals surface area contributed by atoms with Crippen molar-refractivity contribution in [2.24, 2.45) is 17.4 Å². The number of carbonyl (C=O) groups is 6. The molecular weight excluding hydrogens is 438 g/mol. The van der Waals surface area contributed by atoms with E-state index in [1.54, 1.807) is 0 Å². The van der Waals surface area contributed by atoms with Gasteiger partial charge in [-0.3, -0.25) is 24.0 Å². The number of carboxylic acids is 2. The van der Waals surface area contributed by atoms with Crippen molar-refractivity contribution in [2.75, 3.05) is 6.54 Å². The summed E-state index contributed by atoms with van der Waals surface area (Å²) in [6, 6.07) is -4.74. The van der Waals surface area contributed by atoms with E-state index in [1.807, 2.05) is 13.8 Å². The van der Waals surface area contributed by atoms with Crippen molar-refractivity contribution in [3.8, 4) is 0 Å². The van der Waals surface area contributed by atoms with Crippen LogP contribution in [0.5, 0.6) is 0 Å². The molecule has 13 nitrogen and oxygen atoms in total. The molecule has 0 spiro atoms. The summed E-state index contributed by atoms with van der Waals surface area (Å²) in [7, 11) is 0. The van der Waals surface area contributed by atoms with Crippen LogP contribution in [0, 0.1) is 5.92 Å². The molecule has 1 aliphatic rings. The number of rotatable bonds is 13. The second-order valence-electron chi connectivity index (χ2n) is 8.49. The van der Waals surface area contributed by atoms with Crippen LogP contribution in [0.2, 0.25) is 0 Å². The number of hydrogen-bond acceptors (Lipinski definition) is 7. The molecule has 0 aromatic carbocycles. The van der Waals surface area contributed by atoms with Crippen LogP contribution in [0.25, 0.3) is 0 Å². The van der Waals surface area contributed by atoms with Crippen LogP contribution in [0.15, 0.2) is 0 Å². The van der Waals surface area contributed by atoms with Crippen LogP contribution in [0.3, 0.4) is 0 Å². The first-order chi connectivity index (χ1) is 15.3. The highest BCUT2D eigenvalue weighted by molar-refractivity contribution is 5.95. The molecule has 0 aliphatic carbocycles. The smallest absolute Gasteiger partial charge is 0.326 e. The van der Waals surface area contributed by atoms with Crippen LogP contribution in [0.4, 0.5) is 0 Å².